The lowest BCUT2D eigenvalue weighted by Gasteiger charge is -2.37. The van der Waals surface area contributed by atoms with Crippen molar-refractivity contribution in [3.63, 3.8) is 0 Å². The summed E-state index contributed by atoms with van der Waals surface area (Å²) in [7, 11) is 0. The average Bonchev–Trinajstić information content (AvgIpc) is 3.52. The van der Waals surface area contributed by atoms with Gasteiger partial charge in [-0.15, -0.1) is 0 Å². The second kappa shape index (κ2) is 13.6. The fourth-order valence-electron chi connectivity index (χ4n) is 6.00. The Labute approximate surface area is 191 Å². The molecule has 2 bridgehead atoms. The third-order valence-corrected chi connectivity index (χ3v) is 6.96. The molecule has 3 aliphatic carbocycles. The van der Waals surface area contributed by atoms with Gasteiger partial charge in [0, 0.05) is 10.8 Å². The van der Waals surface area contributed by atoms with Gasteiger partial charge in [-0.1, -0.05) is 90.8 Å². The minimum absolute atomic E-state index is 0.183. The van der Waals surface area contributed by atoms with Crippen molar-refractivity contribution >= 4 is 16.6 Å². The number of carbonyl (C=O) groups is 1. The van der Waals surface area contributed by atoms with Crippen LogP contribution >= 0.6 is 0 Å². The largest absolute Gasteiger partial charge is 0.507 e. The maximum atomic E-state index is 11.8. The van der Waals surface area contributed by atoms with E-state index in [1.807, 2.05) is 71.0 Å². The van der Waals surface area contributed by atoms with Crippen LogP contribution in [-0.4, -0.2) is 10.9 Å². The first-order valence-corrected chi connectivity index (χ1v) is 12.7. The third-order valence-electron chi connectivity index (χ3n) is 6.96. The fourth-order valence-corrected chi connectivity index (χ4v) is 6.00. The molecule has 5 rings (SSSR count). The third kappa shape index (κ3) is 5.90. The number of aromatic hydroxyl groups is 1. The summed E-state index contributed by atoms with van der Waals surface area (Å²) >= 11 is 0. The van der Waals surface area contributed by atoms with Gasteiger partial charge in [0.2, 0.25) is 0 Å². The van der Waals surface area contributed by atoms with Crippen molar-refractivity contribution < 1.29 is 9.90 Å². The van der Waals surface area contributed by atoms with Crippen molar-refractivity contribution in [3.05, 3.63) is 42.5 Å². The number of hydrogen-bond acceptors (Lipinski definition) is 2. The molecule has 3 fully saturated rings. The Kier molecular flexibility index (Phi) is 11.9. The maximum Gasteiger partial charge on any atom is 0.136 e. The molecule has 0 aromatic heterocycles. The molecule has 2 nitrogen and oxygen atoms in total. The quantitative estimate of drug-likeness (QED) is 0.494. The Balaban J connectivity index is 0.000000244. The first-order chi connectivity index (χ1) is 15.0. The second-order valence-electron chi connectivity index (χ2n) is 8.57. The number of rotatable bonds is 1. The van der Waals surface area contributed by atoms with Crippen molar-refractivity contribution in [1.82, 2.24) is 0 Å². The fraction of sp³-hybridized carbons (Fsp3) is 0.621. The van der Waals surface area contributed by atoms with E-state index in [0.29, 0.717) is 11.5 Å². The summed E-state index contributed by atoms with van der Waals surface area (Å²) in [6, 6.07) is 13.3. The van der Waals surface area contributed by atoms with Crippen LogP contribution in [0.4, 0.5) is 0 Å². The number of fused-ring (bicyclic) bond motifs is 6. The lowest BCUT2D eigenvalue weighted by molar-refractivity contribution is -0.131. The standard InChI is InChI=1S/C12H18O.C10H8O.C3H8.2C2H6/c1-8(13)12-6-2-3-11(12)9-4-5-10(12)7-9;11-10-7-3-5-8-4-1-2-6-9(8)10;1-3-2;2*1-2/h9-11H,2-7H2,1H3;1-7,11H;3H2,1-2H3;2*1-2H3. The van der Waals surface area contributed by atoms with Crippen molar-refractivity contribution in [1.29, 1.82) is 0 Å². The number of phenolic OH excluding ortho intramolecular Hbond substituents is 1. The van der Waals surface area contributed by atoms with E-state index in [-0.39, 0.29) is 5.41 Å². The zero-order chi connectivity index (χ0) is 23.4. The summed E-state index contributed by atoms with van der Waals surface area (Å²) < 4.78 is 0. The predicted octanol–water partition coefficient (Wildman–Crippen LogP) is 8.81. The highest BCUT2D eigenvalue weighted by molar-refractivity contribution is 5.87. The van der Waals surface area contributed by atoms with Crippen molar-refractivity contribution in [2.75, 3.05) is 0 Å². The topological polar surface area (TPSA) is 37.3 Å². The van der Waals surface area contributed by atoms with Crippen LogP contribution < -0.4 is 0 Å². The van der Waals surface area contributed by atoms with Crippen LogP contribution in [-0.2, 0) is 4.79 Å². The van der Waals surface area contributed by atoms with Gasteiger partial charge in [-0.2, -0.15) is 0 Å². The molecule has 31 heavy (non-hydrogen) atoms. The zero-order valence-electron chi connectivity index (χ0n) is 21.1. The number of Topliss-reactive ketones (excluding diaryl/α,β-unsaturated/α-hetero) is 1. The molecule has 0 saturated heterocycles. The van der Waals surface area contributed by atoms with Crippen LogP contribution in [0.1, 0.15) is 93.4 Å². The van der Waals surface area contributed by atoms with E-state index < -0.39 is 0 Å². The Morgan fingerprint density at radius 2 is 1.58 bits per heavy atom. The number of carbonyl (C=O) groups excluding carboxylic acids is 1. The molecule has 2 aromatic rings. The first kappa shape index (κ1) is 27.2. The number of phenols is 1. The summed E-state index contributed by atoms with van der Waals surface area (Å²) in [6.45, 7) is 14.1. The predicted molar refractivity (Wildman–Crippen MR) is 136 cm³/mol. The minimum atomic E-state index is 0.183. The van der Waals surface area contributed by atoms with E-state index in [2.05, 4.69) is 13.8 Å². The summed E-state index contributed by atoms with van der Waals surface area (Å²) in [5, 5.41) is 11.4. The molecule has 1 N–H and O–H groups in total. The molecule has 2 aromatic carbocycles. The van der Waals surface area contributed by atoms with Crippen LogP contribution in [0.25, 0.3) is 10.8 Å². The van der Waals surface area contributed by atoms with Crippen molar-refractivity contribution in [2.45, 2.75) is 93.4 Å². The van der Waals surface area contributed by atoms with Gasteiger partial charge in [0.05, 0.1) is 0 Å². The van der Waals surface area contributed by atoms with Gasteiger partial charge >= 0.3 is 0 Å². The Bertz CT molecular complexity index is 776. The molecule has 0 spiro atoms. The molecular weight excluding hydrogens is 380 g/mol. The van der Waals surface area contributed by atoms with Crippen LogP contribution in [0.2, 0.25) is 0 Å². The van der Waals surface area contributed by atoms with Gasteiger partial charge in [-0.05, 0) is 68.2 Å². The van der Waals surface area contributed by atoms with E-state index in [0.717, 1.165) is 28.5 Å². The number of benzene rings is 2. The zero-order valence-corrected chi connectivity index (χ0v) is 21.1. The summed E-state index contributed by atoms with van der Waals surface area (Å²) in [6.07, 6.45) is 9.28. The van der Waals surface area contributed by atoms with Crippen molar-refractivity contribution in [3.8, 4) is 5.75 Å². The van der Waals surface area contributed by atoms with Crippen LogP contribution in [0.15, 0.2) is 42.5 Å². The molecule has 3 saturated carbocycles. The summed E-state index contributed by atoms with van der Waals surface area (Å²) in [4.78, 5) is 11.8. The van der Waals surface area contributed by atoms with Gasteiger partial charge < -0.3 is 5.11 Å². The molecule has 4 unspecified atom stereocenters. The Hall–Kier alpha value is -1.83. The van der Waals surface area contributed by atoms with E-state index in [1.165, 1.54) is 44.9 Å². The molecule has 0 aliphatic heterocycles. The lowest BCUT2D eigenvalue weighted by Crippen LogP contribution is -2.38. The van der Waals surface area contributed by atoms with E-state index >= 15 is 0 Å². The number of ketones is 1. The van der Waals surface area contributed by atoms with Crippen molar-refractivity contribution in [2.24, 2.45) is 23.2 Å². The highest BCUT2D eigenvalue weighted by atomic mass is 16.3. The minimum Gasteiger partial charge on any atom is -0.507 e. The number of hydrogen-bond donors (Lipinski definition) is 1. The maximum absolute atomic E-state index is 11.8. The Morgan fingerprint density at radius 3 is 2.16 bits per heavy atom. The first-order valence-electron chi connectivity index (χ1n) is 12.7. The molecule has 174 valence electrons. The molecule has 0 amide bonds. The smallest absolute Gasteiger partial charge is 0.136 e. The Morgan fingerprint density at radius 1 is 0.968 bits per heavy atom. The van der Waals surface area contributed by atoms with E-state index in [1.54, 1.807) is 6.07 Å². The molecule has 4 atom stereocenters. The normalized spacial score (nSPS) is 26.6. The van der Waals surface area contributed by atoms with Gasteiger partial charge in [0.25, 0.3) is 0 Å². The monoisotopic (exact) mass is 426 g/mol. The summed E-state index contributed by atoms with van der Waals surface area (Å²) in [5.74, 6) is 3.37. The molecular formula is C29H46O2. The van der Waals surface area contributed by atoms with Gasteiger partial charge in [0.15, 0.2) is 0 Å². The molecule has 0 heterocycles. The summed E-state index contributed by atoms with van der Waals surface area (Å²) in [5.41, 5.74) is 0.183. The SMILES string of the molecule is CC.CC.CC(=O)C12CCCC1C1CCC2C1.CCC.Oc1cccc2ccccc12. The van der Waals surface area contributed by atoms with E-state index in [4.69, 9.17) is 0 Å². The van der Waals surface area contributed by atoms with Gasteiger partial charge in [-0.3, -0.25) is 4.79 Å². The highest BCUT2D eigenvalue weighted by Gasteiger charge is 2.61. The highest BCUT2D eigenvalue weighted by Crippen LogP contribution is 2.66. The second-order valence-corrected chi connectivity index (χ2v) is 8.57. The average molecular weight is 427 g/mol. The van der Waals surface area contributed by atoms with Crippen LogP contribution in [0.3, 0.4) is 0 Å². The van der Waals surface area contributed by atoms with Gasteiger partial charge in [-0.25, -0.2) is 0 Å². The van der Waals surface area contributed by atoms with Crippen LogP contribution in [0, 0.1) is 23.2 Å². The molecule has 2 heteroatoms. The van der Waals surface area contributed by atoms with Crippen LogP contribution in [0.5, 0.6) is 5.75 Å². The molecule has 0 radical (unpaired) electrons. The van der Waals surface area contributed by atoms with E-state index in [9.17, 15) is 9.90 Å². The van der Waals surface area contributed by atoms with Gasteiger partial charge in [0.1, 0.15) is 11.5 Å². The lowest BCUT2D eigenvalue weighted by atomic mass is 9.66. The molecule has 3 aliphatic rings.